The summed E-state index contributed by atoms with van der Waals surface area (Å²) in [6.45, 7) is 7.89. The molecule has 25 heavy (non-hydrogen) atoms. The summed E-state index contributed by atoms with van der Waals surface area (Å²) in [7, 11) is -0.206. The first kappa shape index (κ1) is 17.9. The molecule has 0 radical (unpaired) electrons. The van der Waals surface area contributed by atoms with Gasteiger partial charge in [-0.1, -0.05) is 19.5 Å². The van der Waals surface area contributed by atoms with Crippen LogP contribution in [0.4, 0.5) is 4.39 Å². The van der Waals surface area contributed by atoms with E-state index in [4.69, 9.17) is 16.3 Å². The molecule has 0 N–H and O–H groups in total. The molecular formula is C17H17ClFN4OP. The van der Waals surface area contributed by atoms with E-state index in [-0.39, 0.29) is 19.6 Å². The Bertz CT molecular complexity index is 934. The lowest BCUT2D eigenvalue weighted by Gasteiger charge is -2.10. The van der Waals surface area contributed by atoms with Crippen molar-refractivity contribution in [1.29, 1.82) is 0 Å². The van der Waals surface area contributed by atoms with Crippen molar-refractivity contribution in [2.75, 3.05) is 19.7 Å². The van der Waals surface area contributed by atoms with Crippen LogP contribution in [0.2, 0.25) is 5.02 Å². The van der Waals surface area contributed by atoms with Gasteiger partial charge in [0.15, 0.2) is 5.82 Å². The molecule has 3 heterocycles. The van der Waals surface area contributed by atoms with Gasteiger partial charge in [0.2, 0.25) is 0 Å². The van der Waals surface area contributed by atoms with Gasteiger partial charge in [-0.2, -0.15) is 0 Å². The van der Waals surface area contributed by atoms with Crippen LogP contribution in [0.5, 0.6) is 6.01 Å². The van der Waals surface area contributed by atoms with Crippen LogP contribution >= 0.6 is 19.5 Å². The number of ether oxygens (including phenoxy) is 1. The van der Waals surface area contributed by atoms with Crippen LogP contribution in [-0.2, 0) is 0 Å². The van der Waals surface area contributed by atoms with Crippen LogP contribution in [0.3, 0.4) is 0 Å². The molecule has 5 nitrogen and oxygen atoms in total. The summed E-state index contributed by atoms with van der Waals surface area (Å²) in [4.78, 5) is 17.0. The predicted molar refractivity (Wildman–Crippen MR) is 99.3 cm³/mol. The molecule has 3 aromatic rings. The minimum Gasteiger partial charge on any atom is -0.459 e. The molecule has 3 aromatic heterocycles. The Morgan fingerprint density at radius 2 is 1.84 bits per heavy atom. The van der Waals surface area contributed by atoms with Crippen LogP contribution < -0.4 is 4.74 Å². The number of nitrogens with zero attached hydrogens (tertiary/aromatic N) is 4. The van der Waals surface area contributed by atoms with Crippen LogP contribution in [0.25, 0.3) is 22.3 Å². The van der Waals surface area contributed by atoms with Gasteiger partial charge in [-0.25, -0.2) is 19.3 Å². The number of pyridine rings is 2. The van der Waals surface area contributed by atoms with Gasteiger partial charge < -0.3 is 4.74 Å². The van der Waals surface area contributed by atoms with Crippen molar-refractivity contribution in [3.63, 3.8) is 0 Å². The monoisotopic (exact) mass is 378 g/mol. The highest BCUT2D eigenvalue weighted by Gasteiger charge is 2.15. The van der Waals surface area contributed by atoms with Crippen molar-refractivity contribution in [1.82, 2.24) is 19.9 Å². The number of aryl methyl sites for hydroxylation is 1. The second-order valence-electron chi connectivity index (χ2n) is 5.93. The Morgan fingerprint density at radius 1 is 1.16 bits per heavy atom. The molecule has 3 rings (SSSR count). The van der Waals surface area contributed by atoms with E-state index in [1.807, 2.05) is 13.8 Å². The maximum Gasteiger partial charge on any atom is 0.316 e. The Balaban J connectivity index is 2.02. The Kier molecular flexibility index (Phi) is 5.11. The van der Waals surface area contributed by atoms with E-state index in [9.17, 15) is 4.39 Å². The first-order valence-corrected chi connectivity index (χ1v) is 10.4. The second kappa shape index (κ2) is 7.14. The van der Waals surface area contributed by atoms with Gasteiger partial charge in [-0.3, -0.25) is 4.98 Å². The summed E-state index contributed by atoms with van der Waals surface area (Å²) in [5.41, 5.74) is 3.06. The van der Waals surface area contributed by atoms with Crippen LogP contribution in [0, 0.1) is 19.7 Å². The van der Waals surface area contributed by atoms with Gasteiger partial charge >= 0.3 is 6.01 Å². The fourth-order valence-corrected chi connectivity index (χ4v) is 2.88. The zero-order chi connectivity index (χ0) is 18.1. The van der Waals surface area contributed by atoms with Crippen molar-refractivity contribution >= 4 is 30.6 Å². The van der Waals surface area contributed by atoms with Crippen molar-refractivity contribution in [3.05, 3.63) is 40.6 Å². The standard InChI is InChI=1S/C17H17ClFN4OP/c1-9-10(2)22-13-5-12(19)15(23-16(13)14(9)18)11-6-20-17(21-7-11)24-8-25(3)4/h5-7H,8H2,1-4H3. The van der Waals surface area contributed by atoms with Gasteiger partial charge in [0, 0.05) is 29.7 Å². The molecular weight excluding hydrogens is 362 g/mol. The summed E-state index contributed by atoms with van der Waals surface area (Å²) >= 11 is 6.36. The molecule has 0 aromatic carbocycles. The maximum atomic E-state index is 14.5. The molecule has 0 unspecified atom stereocenters. The van der Waals surface area contributed by atoms with E-state index in [0.717, 1.165) is 11.3 Å². The fraction of sp³-hybridized carbons (Fsp3) is 0.294. The van der Waals surface area contributed by atoms with Gasteiger partial charge in [-0.15, -0.1) is 0 Å². The molecule has 0 atom stereocenters. The molecule has 0 aliphatic heterocycles. The highest BCUT2D eigenvalue weighted by Crippen LogP contribution is 2.30. The molecule has 0 aliphatic rings. The Hall–Kier alpha value is -1.91. The maximum absolute atomic E-state index is 14.5. The van der Waals surface area contributed by atoms with Crippen LogP contribution in [0.1, 0.15) is 11.3 Å². The number of rotatable bonds is 4. The normalized spacial score (nSPS) is 11.3. The van der Waals surface area contributed by atoms with Crippen molar-refractivity contribution in [2.24, 2.45) is 0 Å². The number of aromatic nitrogens is 4. The van der Waals surface area contributed by atoms with E-state index < -0.39 is 5.82 Å². The number of fused-ring (bicyclic) bond motifs is 1. The quantitative estimate of drug-likeness (QED) is 0.622. The first-order valence-electron chi connectivity index (χ1n) is 7.59. The largest absolute Gasteiger partial charge is 0.459 e. The summed E-state index contributed by atoms with van der Waals surface area (Å²) in [6, 6.07) is 1.61. The summed E-state index contributed by atoms with van der Waals surface area (Å²) in [6.07, 6.45) is 3.57. The zero-order valence-corrected chi connectivity index (χ0v) is 16.0. The summed E-state index contributed by atoms with van der Waals surface area (Å²) in [5.74, 6) is -0.498. The third-order valence-electron chi connectivity index (χ3n) is 3.68. The zero-order valence-electron chi connectivity index (χ0n) is 14.3. The molecule has 0 bridgehead atoms. The Morgan fingerprint density at radius 3 is 2.48 bits per heavy atom. The number of hydrogen-bond acceptors (Lipinski definition) is 5. The predicted octanol–water partition coefficient (Wildman–Crippen LogP) is 4.57. The topological polar surface area (TPSA) is 60.8 Å². The third kappa shape index (κ3) is 3.70. The lowest BCUT2D eigenvalue weighted by molar-refractivity contribution is 0.356. The van der Waals surface area contributed by atoms with Crippen LogP contribution in [-0.4, -0.2) is 39.6 Å². The van der Waals surface area contributed by atoms with Crippen LogP contribution in [0.15, 0.2) is 18.5 Å². The lowest BCUT2D eigenvalue weighted by atomic mass is 10.1. The summed E-state index contributed by atoms with van der Waals surface area (Å²) in [5, 5.41) is 0.476. The van der Waals surface area contributed by atoms with Crippen molar-refractivity contribution in [2.45, 2.75) is 13.8 Å². The number of hydrogen-bond donors (Lipinski definition) is 0. The minimum atomic E-state index is -0.498. The highest BCUT2D eigenvalue weighted by molar-refractivity contribution is 7.55. The average Bonchev–Trinajstić information content (AvgIpc) is 2.58. The van der Waals surface area contributed by atoms with E-state index >= 15 is 0 Å². The Labute approximate surface area is 151 Å². The molecule has 0 aliphatic carbocycles. The third-order valence-corrected chi connectivity index (χ3v) is 4.79. The van der Waals surface area contributed by atoms with E-state index in [2.05, 4.69) is 33.3 Å². The van der Waals surface area contributed by atoms with Gasteiger partial charge in [0.25, 0.3) is 0 Å². The molecule has 0 fully saturated rings. The minimum absolute atomic E-state index is 0.138. The molecule has 130 valence electrons. The van der Waals surface area contributed by atoms with Gasteiger partial charge in [0.1, 0.15) is 17.6 Å². The molecule has 0 saturated carbocycles. The second-order valence-corrected chi connectivity index (χ2v) is 8.73. The smallest absolute Gasteiger partial charge is 0.316 e. The average molecular weight is 379 g/mol. The fourth-order valence-electron chi connectivity index (χ4n) is 2.23. The molecule has 0 spiro atoms. The first-order chi connectivity index (χ1) is 11.9. The molecule has 8 heteroatoms. The molecule has 0 amide bonds. The highest BCUT2D eigenvalue weighted by atomic mass is 35.5. The van der Waals surface area contributed by atoms with Crippen molar-refractivity contribution in [3.8, 4) is 17.3 Å². The van der Waals surface area contributed by atoms with E-state index in [1.54, 1.807) is 0 Å². The van der Waals surface area contributed by atoms with Gasteiger partial charge in [0.05, 0.1) is 10.5 Å². The van der Waals surface area contributed by atoms with E-state index in [1.165, 1.54) is 18.5 Å². The SMILES string of the molecule is Cc1nc2cc(F)c(-c3cnc(OCP(C)C)nc3)nc2c(Cl)c1C. The number of halogens is 2. The lowest BCUT2D eigenvalue weighted by Crippen LogP contribution is -2.00. The van der Waals surface area contributed by atoms with Crippen molar-refractivity contribution < 1.29 is 9.13 Å². The van der Waals surface area contributed by atoms with E-state index in [0.29, 0.717) is 28.0 Å². The molecule has 0 saturated heterocycles. The summed E-state index contributed by atoms with van der Waals surface area (Å²) < 4.78 is 20.0. The van der Waals surface area contributed by atoms with Gasteiger partial charge in [-0.05, 0) is 32.7 Å².